The smallest absolute Gasteiger partial charge is 0.268 e. The maximum absolute atomic E-state index is 11.2. The quantitative estimate of drug-likeness (QED) is 0.692. The minimum atomic E-state index is 0. The average molecular weight is 353 g/mol. The van der Waals surface area contributed by atoms with Crippen molar-refractivity contribution in [3.8, 4) is 0 Å². The van der Waals surface area contributed by atoms with Crippen LogP contribution in [0.5, 0.6) is 0 Å². The monoisotopic (exact) mass is 353 g/mol. The molecular weight excluding hydrogens is 325 g/mol. The van der Waals surface area contributed by atoms with E-state index in [2.05, 4.69) is 11.9 Å². The van der Waals surface area contributed by atoms with E-state index in [4.69, 9.17) is 0 Å². The van der Waals surface area contributed by atoms with Crippen LogP contribution in [0.3, 0.4) is 0 Å². The fraction of sp³-hybridized carbons (Fsp3) is 0.438. The molecule has 3 nitrogen and oxygen atoms in total. The number of fused-ring (bicyclic) bond motifs is 1. The predicted octanol–water partition coefficient (Wildman–Crippen LogP) is 4.33. The van der Waals surface area contributed by atoms with Gasteiger partial charge in [-0.1, -0.05) is 39.8 Å². The molecule has 1 aromatic rings. The number of nitrogens with zero attached hydrogens (tertiary/aromatic N) is 1. The number of hydrogen-bond acceptors (Lipinski definition) is 1. The summed E-state index contributed by atoms with van der Waals surface area (Å²) in [5.74, 6) is 0.00519. The second kappa shape index (κ2) is 16.4. The van der Waals surface area contributed by atoms with Gasteiger partial charge in [0.1, 0.15) is 5.69 Å². The zero-order valence-corrected chi connectivity index (χ0v) is 16.6. The summed E-state index contributed by atoms with van der Waals surface area (Å²) < 4.78 is 1.92. The van der Waals surface area contributed by atoms with Crippen LogP contribution in [-0.2, 0) is 32.7 Å². The first kappa shape index (κ1) is 24.4. The second-order valence-corrected chi connectivity index (χ2v) is 3.13. The van der Waals surface area contributed by atoms with Crippen molar-refractivity contribution in [1.29, 1.82) is 0 Å². The molecule has 1 radical (unpaired) electrons. The Hall–Kier alpha value is -0.666. The van der Waals surface area contributed by atoms with Crippen molar-refractivity contribution in [1.82, 2.24) is 9.88 Å². The van der Waals surface area contributed by atoms with Crippen LogP contribution in [0.2, 0.25) is 0 Å². The molecule has 4 heteroatoms. The Labute approximate surface area is 149 Å². The number of nitrogens with one attached hydrogen (secondary N) is 1. The Morgan fingerprint density at radius 3 is 2.20 bits per heavy atom. The Bertz CT molecular complexity index is 395. The standard InChI is InChI=1S/C9H10N2O.C3H6.2C2H6.Y/c1-2-7-6-10-9(12)8-4-3-5-11(7)8;1-3-2;2*1-2;/h2-5H,6H2,1H3,(H,10,12);3H,1H2,2H3;2*1-2H3;/b7-2+;;;;. The largest absolute Gasteiger partial charge is 0.345 e. The molecule has 111 valence electrons. The number of carbonyl (C=O) groups excluding carboxylic acids is 1. The second-order valence-electron chi connectivity index (χ2n) is 3.13. The van der Waals surface area contributed by atoms with Crippen LogP contribution in [0, 0.1) is 0 Å². The maximum atomic E-state index is 11.2. The van der Waals surface area contributed by atoms with Crippen LogP contribution in [0.25, 0.3) is 5.70 Å². The van der Waals surface area contributed by atoms with Crippen molar-refractivity contribution < 1.29 is 37.5 Å². The van der Waals surface area contributed by atoms with E-state index in [9.17, 15) is 4.79 Å². The van der Waals surface area contributed by atoms with Gasteiger partial charge in [0.15, 0.2) is 0 Å². The Kier molecular flexibility index (Phi) is 20.0. The van der Waals surface area contributed by atoms with Gasteiger partial charge in [0.2, 0.25) is 0 Å². The molecule has 0 atom stereocenters. The Balaban J connectivity index is -0.000000315. The summed E-state index contributed by atoms with van der Waals surface area (Å²) in [6.45, 7) is 15.8. The van der Waals surface area contributed by atoms with Gasteiger partial charge >= 0.3 is 0 Å². The zero-order chi connectivity index (χ0) is 15.3. The molecule has 0 aliphatic carbocycles. The minimum Gasteiger partial charge on any atom is -0.345 e. The molecule has 1 aliphatic heterocycles. The van der Waals surface area contributed by atoms with Crippen LogP contribution >= 0.6 is 0 Å². The summed E-state index contributed by atoms with van der Waals surface area (Å²) in [6, 6.07) is 3.70. The third kappa shape index (κ3) is 7.81. The fourth-order valence-electron chi connectivity index (χ4n) is 1.40. The summed E-state index contributed by atoms with van der Waals surface area (Å²) in [4.78, 5) is 11.2. The van der Waals surface area contributed by atoms with Crippen molar-refractivity contribution in [3.63, 3.8) is 0 Å². The van der Waals surface area contributed by atoms with Crippen molar-refractivity contribution in [3.05, 3.63) is 42.8 Å². The summed E-state index contributed by atoms with van der Waals surface area (Å²) in [6.07, 6.45) is 5.66. The van der Waals surface area contributed by atoms with Gasteiger partial charge in [-0.15, -0.1) is 6.58 Å². The summed E-state index contributed by atoms with van der Waals surface area (Å²) >= 11 is 0. The van der Waals surface area contributed by atoms with Gasteiger partial charge in [0.05, 0.1) is 6.54 Å². The first-order valence-electron chi connectivity index (χ1n) is 6.92. The number of aromatic nitrogens is 1. The molecule has 1 N–H and O–H groups in total. The number of rotatable bonds is 0. The molecular formula is C16H28N2OY. The van der Waals surface area contributed by atoms with Crippen LogP contribution in [0.4, 0.5) is 0 Å². The molecule has 2 rings (SSSR count). The maximum Gasteiger partial charge on any atom is 0.268 e. The van der Waals surface area contributed by atoms with Gasteiger partial charge in [-0.05, 0) is 26.0 Å². The minimum absolute atomic E-state index is 0. The molecule has 20 heavy (non-hydrogen) atoms. The summed E-state index contributed by atoms with van der Waals surface area (Å²) in [5.41, 5.74) is 1.84. The van der Waals surface area contributed by atoms with Crippen LogP contribution in [0.15, 0.2) is 37.1 Å². The normalized spacial score (nSPS) is 12.7. The topological polar surface area (TPSA) is 34.0 Å². The molecule has 0 unspecified atom stereocenters. The van der Waals surface area contributed by atoms with Gasteiger partial charge in [-0.2, -0.15) is 0 Å². The number of allylic oxidation sites excluding steroid dienone is 2. The predicted molar refractivity (Wildman–Crippen MR) is 85.3 cm³/mol. The Morgan fingerprint density at radius 2 is 1.75 bits per heavy atom. The SMILES string of the molecule is C/C=C1\CNC(=O)c2cccn21.C=CC.CC.CC.[Y]. The van der Waals surface area contributed by atoms with Crippen molar-refractivity contribution >= 4 is 11.6 Å². The van der Waals surface area contributed by atoms with E-state index in [0.29, 0.717) is 12.2 Å². The molecule has 0 saturated carbocycles. The molecule has 0 spiro atoms. The molecule has 0 saturated heterocycles. The third-order valence-electron chi connectivity index (χ3n) is 2.05. The number of carbonyl (C=O) groups is 1. The molecule has 0 fully saturated rings. The van der Waals surface area contributed by atoms with E-state index in [0.717, 1.165) is 5.70 Å². The Morgan fingerprint density at radius 1 is 1.25 bits per heavy atom. The van der Waals surface area contributed by atoms with Gasteiger partial charge in [-0.3, -0.25) is 4.79 Å². The van der Waals surface area contributed by atoms with Crippen LogP contribution in [0.1, 0.15) is 52.0 Å². The van der Waals surface area contributed by atoms with E-state index in [1.165, 1.54) is 0 Å². The molecule has 1 aromatic heterocycles. The zero-order valence-electron chi connectivity index (χ0n) is 13.7. The molecule has 1 amide bonds. The molecule has 0 aromatic carbocycles. The van der Waals surface area contributed by atoms with Gasteiger partial charge in [0.25, 0.3) is 5.91 Å². The molecule has 0 bridgehead atoms. The molecule has 2 heterocycles. The third-order valence-corrected chi connectivity index (χ3v) is 2.05. The van der Waals surface area contributed by atoms with Crippen LogP contribution in [-0.4, -0.2) is 17.0 Å². The van der Waals surface area contributed by atoms with Gasteiger partial charge < -0.3 is 9.88 Å². The number of hydrogen-bond donors (Lipinski definition) is 1. The van der Waals surface area contributed by atoms with E-state index in [1.54, 1.807) is 6.08 Å². The van der Waals surface area contributed by atoms with Crippen molar-refractivity contribution in [2.75, 3.05) is 6.54 Å². The van der Waals surface area contributed by atoms with Crippen molar-refractivity contribution in [2.24, 2.45) is 0 Å². The van der Waals surface area contributed by atoms with Gasteiger partial charge in [0, 0.05) is 44.6 Å². The van der Waals surface area contributed by atoms with E-state index >= 15 is 0 Å². The summed E-state index contributed by atoms with van der Waals surface area (Å²) in [5, 5.41) is 2.80. The first-order chi connectivity index (χ1) is 9.24. The summed E-state index contributed by atoms with van der Waals surface area (Å²) in [7, 11) is 0. The number of amides is 1. The van der Waals surface area contributed by atoms with E-state index in [-0.39, 0.29) is 38.6 Å². The van der Waals surface area contributed by atoms with Crippen molar-refractivity contribution in [2.45, 2.75) is 41.5 Å². The van der Waals surface area contributed by atoms with Crippen LogP contribution < -0.4 is 5.32 Å². The molecule has 1 aliphatic rings. The van der Waals surface area contributed by atoms with Gasteiger partial charge in [-0.25, -0.2) is 0 Å². The fourth-order valence-corrected chi connectivity index (χ4v) is 1.40. The first-order valence-corrected chi connectivity index (χ1v) is 6.92. The average Bonchev–Trinajstić information content (AvgIpc) is 2.95. The van der Waals surface area contributed by atoms with E-state index < -0.39 is 0 Å². The van der Waals surface area contributed by atoms with E-state index in [1.807, 2.05) is 70.5 Å².